The van der Waals surface area contributed by atoms with Crippen LogP contribution in [0.4, 0.5) is 11.4 Å². The molecule has 2 N–H and O–H groups in total. The summed E-state index contributed by atoms with van der Waals surface area (Å²) in [4.78, 5) is 39.9. The lowest BCUT2D eigenvalue weighted by molar-refractivity contribution is -0.122. The summed E-state index contributed by atoms with van der Waals surface area (Å²) in [6.07, 6.45) is 2.13. The Morgan fingerprint density at radius 1 is 1.12 bits per heavy atom. The Bertz CT molecular complexity index is 1030. The largest absolute Gasteiger partial charge is 0.376 e. The molecular formula is C25H29N3O4. The van der Waals surface area contributed by atoms with Gasteiger partial charge in [-0.2, -0.15) is 0 Å². The Morgan fingerprint density at radius 2 is 1.94 bits per heavy atom. The third kappa shape index (κ3) is 4.83. The summed E-state index contributed by atoms with van der Waals surface area (Å²) in [5.74, 6) is -1.07. The van der Waals surface area contributed by atoms with Crippen molar-refractivity contribution in [3.63, 3.8) is 0 Å². The van der Waals surface area contributed by atoms with E-state index >= 15 is 0 Å². The summed E-state index contributed by atoms with van der Waals surface area (Å²) >= 11 is 0. The maximum atomic E-state index is 13.0. The van der Waals surface area contributed by atoms with E-state index in [1.54, 1.807) is 29.2 Å². The van der Waals surface area contributed by atoms with E-state index in [1.165, 1.54) is 0 Å². The molecular weight excluding hydrogens is 406 g/mol. The number of nitrogens with one attached hydrogen (secondary N) is 2. The van der Waals surface area contributed by atoms with Crippen molar-refractivity contribution in [2.45, 2.75) is 39.2 Å². The van der Waals surface area contributed by atoms with E-state index in [-0.39, 0.29) is 30.2 Å². The number of anilines is 2. The second kappa shape index (κ2) is 9.53. The third-order valence-electron chi connectivity index (χ3n) is 6.24. The summed E-state index contributed by atoms with van der Waals surface area (Å²) in [6, 6.07) is 12.8. The Balaban J connectivity index is 1.41. The van der Waals surface area contributed by atoms with Crippen LogP contribution in [-0.2, 0) is 14.3 Å². The van der Waals surface area contributed by atoms with Crippen molar-refractivity contribution in [2.24, 2.45) is 5.92 Å². The van der Waals surface area contributed by atoms with Crippen LogP contribution in [0.1, 0.15) is 40.7 Å². The molecule has 0 aromatic heterocycles. The fraction of sp³-hybridized carbons (Fsp3) is 0.400. The Morgan fingerprint density at radius 3 is 2.69 bits per heavy atom. The maximum absolute atomic E-state index is 13.0. The molecule has 2 atom stereocenters. The molecule has 7 nitrogen and oxygen atoms in total. The van der Waals surface area contributed by atoms with Gasteiger partial charge in [-0.25, -0.2) is 0 Å². The second-order valence-electron chi connectivity index (χ2n) is 8.55. The number of amides is 3. The van der Waals surface area contributed by atoms with Crippen LogP contribution in [0, 0.1) is 19.8 Å². The molecule has 2 saturated heterocycles. The molecule has 3 amide bonds. The molecule has 7 heteroatoms. The molecule has 0 unspecified atom stereocenters. The highest BCUT2D eigenvalue weighted by Crippen LogP contribution is 2.28. The van der Waals surface area contributed by atoms with Crippen molar-refractivity contribution >= 4 is 29.1 Å². The number of ether oxygens (including phenoxy) is 1. The summed E-state index contributed by atoms with van der Waals surface area (Å²) in [5, 5.41) is 5.76. The van der Waals surface area contributed by atoms with Gasteiger partial charge in [0.05, 0.1) is 23.3 Å². The molecule has 2 aromatic carbocycles. The van der Waals surface area contributed by atoms with Crippen molar-refractivity contribution in [3.8, 4) is 0 Å². The van der Waals surface area contributed by atoms with Crippen LogP contribution in [0.15, 0.2) is 42.5 Å². The van der Waals surface area contributed by atoms with Gasteiger partial charge in [-0.15, -0.1) is 0 Å². The number of aryl methyl sites for hydroxylation is 2. The van der Waals surface area contributed by atoms with Gasteiger partial charge in [0.2, 0.25) is 11.8 Å². The number of carbonyl (C=O) groups excluding carboxylic acids is 3. The number of rotatable bonds is 6. The Hall–Kier alpha value is -3.19. The zero-order valence-electron chi connectivity index (χ0n) is 18.5. The second-order valence-corrected chi connectivity index (χ2v) is 8.55. The molecule has 0 aliphatic carbocycles. The molecule has 0 bridgehead atoms. The lowest BCUT2D eigenvalue weighted by Crippen LogP contribution is -2.33. The van der Waals surface area contributed by atoms with Gasteiger partial charge in [-0.3, -0.25) is 14.4 Å². The van der Waals surface area contributed by atoms with E-state index in [0.29, 0.717) is 24.3 Å². The summed E-state index contributed by atoms with van der Waals surface area (Å²) < 4.78 is 5.55. The lowest BCUT2D eigenvalue weighted by Gasteiger charge is -2.18. The number of hydrogen-bond donors (Lipinski definition) is 2. The van der Waals surface area contributed by atoms with Gasteiger partial charge in [-0.05, 0) is 62.1 Å². The van der Waals surface area contributed by atoms with E-state index in [2.05, 4.69) is 10.6 Å². The molecule has 0 spiro atoms. The van der Waals surface area contributed by atoms with Gasteiger partial charge in [0.25, 0.3) is 5.91 Å². The van der Waals surface area contributed by atoms with Crippen molar-refractivity contribution in [1.29, 1.82) is 0 Å². The van der Waals surface area contributed by atoms with Crippen LogP contribution < -0.4 is 15.5 Å². The van der Waals surface area contributed by atoms with Gasteiger partial charge < -0.3 is 20.3 Å². The predicted molar refractivity (Wildman–Crippen MR) is 123 cm³/mol. The average molecular weight is 436 g/mol. The topological polar surface area (TPSA) is 87.7 Å². The van der Waals surface area contributed by atoms with Crippen LogP contribution >= 0.6 is 0 Å². The SMILES string of the molecule is Cc1ccc(N2C[C@H](C(=O)Nc3ccccc3C(=O)NC[C@@H]3CCCO3)CC2=O)cc1C. The van der Waals surface area contributed by atoms with Crippen molar-refractivity contribution in [2.75, 3.05) is 29.9 Å². The quantitative estimate of drug-likeness (QED) is 0.729. The minimum Gasteiger partial charge on any atom is -0.376 e. The predicted octanol–water partition coefficient (Wildman–Crippen LogP) is 3.20. The molecule has 2 aliphatic heterocycles. The van der Waals surface area contributed by atoms with Gasteiger partial charge in [0.1, 0.15) is 0 Å². The molecule has 0 saturated carbocycles. The van der Waals surface area contributed by atoms with Crippen molar-refractivity contribution < 1.29 is 19.1 Å². The molecule has 168 valence electrons. The van der Waals surface area contributed by atoms with E-state index in [9.17, 15) is 14.4 Å². The summed E-state index contributed by atoms with van der Waals surface area (Å²) in [5.41, 5.74) is 3.91. The normalized spacial score (nSPS) is 20.4. The van der Waals surface area contributed by atoms with E-state index in [4.69, 9.17) is 4.74 Å². The first-order valence-corrected chi connectivity index (χ1v) is 11.1. The standard InChI is InChI=1S/C25H29N3O4/c1-16-9-10-19(12-17(16)2)28-15-18(13-23(28)29)24(30)27-22-8-4-3-7-21(22)25(31)26-14-20-6-5-11-32-20/h3-4,7-10,12,18,20H,5-6,11,13-15H2,1-2H3,(H,26,31)(H,27,30)/t18-,20+/m1/s1. The summed E-state index contributed by atoms with van der Waals surface area (Å²) in [6.45, 7) is 5.52. The molecule has 4 rings (SSSR count). The van der Waals surface area contributed by atoms with E-state index in [1.807, 2.05) is 32.0 Å². The zero-order valence-corrected chi connectivity index (χ0v) is 18.5. The first-order chi connectivity index (χ1) is 15.4. The fourth-order valence-corrected chi connectivity index (χ4v) is 4.16. The van der Waals surface area contributed by atoms with Gasteiger partial charge in [0.15, 0.2) is 0 Å². The van der Waals surface area contributed by atoms with Crippen LogP contribution in [0.25, 0.3) is 0 Å². The smallest absolute Gasteiger partial charge is 0.253 e. The highest BCUT2D eigenvalue weighted by molar-refractivity contribution is 6.07. The highest BCUT2D eigenvalue weighted by Gasteiger charge is 2.35. The van der Waals surface area contributed by atoms with Crippen LogP contribution in [0.2, 0.25) is 0 Å². The number of carbonyl (C=O) groups is 3. The first-order valence-electron chi connectivity index (χ1n) is 11.1. The third-order valence-corrected chi connectivity index (χ3v) is 6.24. The Kier molecular flexibility index (Phi) is 6.55. The molecule has 2 fully saturated rings. The number of benzene rings is 2. The minimum atomic E-state index is -0.480. The maximum Gasteiger partial charge on any atom is 0.253 e. The van der Waals surface area contributed by atoms with E-state index in [0.717, 1.165) is 36.3 Å². The molecule has 2 heterocycles. The fourth-order valence-electron chi connectivity index (χ4n) is 4.16. The number of para-hydroxylation sites is 1. The number of nitrogens with zero attached hydrogens (tertiary/aromatic N) is 1. The van der Waals surface area contributed by atoms with Crippen LogP contribution in [0.3, 0.4) is 0 Å². The lowest BCUT2D eigenvalue weighted by atomic mass is 10.1. The van der Waals surface area contributed by atoms with Crippen LogP contribution in [-0.4, -0.2) is 43.5 Å². The monoisotopic (exact) mass is 435 g/mol. The van der Waals surface area contributed by atoms with E-state index < -0.39 is 5.92 Å². The molecule has 2 aromatic rings. The molecule has 0 radical (unpaired) electrons. The highest BCUT2D eigenvalue weighted by atomic mass is 16.5. The van der Waals surface area contributed by atoms with Crippen molar-refractivity contribution in [1.82, 2.24) is 5.32 Å². The first kappa shape index (κ1) is 22.0. The van der Waals surface area contributed by atoms with Gasteiger partial charge in [0, 0.05) is 31.8 Å². The van der Waals surface area contributed by atoms with Gasteiger partial charge >= 0.3 is 0 Å². The Labute approximate surface area is 188 Å². The van der Waals surface area contributed by atoms with Crippen LogP contribution in [0.5, 0.6) is 0 Å². The van der Waals surface area contributed by atoms with Crippen molar-refractivity contribution in [3.05, 3.63) is 59.2 Å². The molecule has 32 heavy (non-hydrogen) atoms. The zero-order chi connectivity index (χ0) is 22.7. The van der Waals surface area contributed by atoms with Gasteiger partial charge in [-0.1, -0.05) is 18.2 Å². The summed E-state index contributed by atoms with van der Waals surface area (Å²) in [7, 11) is 0. The minimum absolute atomic E-state index is 0.0431. The molecule has 2 aliphatic rings. The number of hydrogen-bond acceptors (Lipinski definition) is 4. The average Bonchev–Trinajstić information content (AvgIpc) is 3.44.